The van der Waals surface area contributed by atoms with Crippen LogP contribution in [0.3, 0.4) is 0 Å². The Kier molecular flexibility index (Phi) is 10.7. The number of anilines is 1. The minimum atomic E-state index is -0.196. The van der Waals surface area contributed by atoms with Gasteiger partial charge in [0.1, 0.15) is 5.82 Å². The van der Waals surface area contributed by atoms with Crippen LogP contribution >= 0.6 is 24.0 Å². The zero-order valence-electron chi connectivity index (χ0n) is 19.0. The van der Waals surface area contributed by atoms with Crippen molar-refractivity contribution in [2.45, 2.75) is 45.2 Å². The van der Waals surface area contributed by atoms with E-state index >= 15 is 0 Å². The summed E-state index contributed by atoms with van der Waals surface area (Å²) < 4.78 is 0. The largest absolute Gasteiger partial charge is 0.369 e. The van der Waals surface area contributed by atoms with E-state index < -0.39 is 0 Å². The van der Waals surface area contributed by atoms with Crippen molar-refractivity contribution in [2.24, 2.45) is 16.6 Å². The van der Waals surface area contributed by atoms with Gasteiger partial charge in [-0.15, -0.1) is 24.0 Å². The number of nitrogens with two attached hydrogens (primary N) is 1. The molecule has 1 unspecified atom stereocenters. The van der Waals surface area contributed by atoms with Gasteiger partial charge in [-0.1, -0.05) is 36.4 Å². The Labute approximate surface area is 208 Å². The molecule has 0 aliphatic carbocycles. The third-order valence-corrected chi connectivity index (χ3v) is 5.83. The van der Waals surface area contributed by atoms with Gasteiger partial charge < -0.3 is 21.3 Å². The number of hydrogen-bond donors (Lipinski definition) is 3. The van der Waals surface area contributed by atoms with E-state index in [1.165, 1.54) is 5.56 Å². The predicted octanol–water partition coefficient (Wildman–Crippen LogP) is 3.09. The first kappa shape index (κ1) is 25.9. The highest BCUT2D eigenvalue weighted by molar-refractivity contribution is 14.0. The second kappa shape index (κ2) is 13.2. The van der Waals surface area contributed by atoms with E-state index in [9.17, 15) is 4.79 Å². The average Bonchev–Trinajstić information content (AvgIpc) is 2.81. The van der Waals surface area contributed by atoms with Crippen LogP contribution in [0.15, 0.2) is 53.7 Å². The molecule has 1 fully saturated rings. The molecular weight excluding hydrogens is 515 g/mol. The first-order chi connectivity index (χ1) is 15.1. The topological polar surface area (TPSA) is 95.6 Å². The lowest BCUT2D eigenvalue weighted by Crippen LogP contribution is -2.42. The summed E-state index contributed by atoms with van der Waals surface area (Å²) >= 11 is 0. The molecule has 1 amide bonds. The zero-order valence-corrected chi connectivity index (χ0v) is 21.3. The van der Waals surface area contributed by atoms with Crippen molar-refractivity contribution in [2.75, 3.05) is 25.0 Å². The van der Waals surface area contributed by atoms with E-state index in [2.05, 4.69) is 62.8 Å². The molecule has 1 aromatic carbocycles. The van der Waals surface area contributed by atoms with Gasteiger partial charge >= 0.3 is 0 Å². The molecule has 3 rings (SSSR count). The molecule has 0 saturated carbocycles. The van der Waals surface area contributed by atoms with Gasteiger partial charge in [-0.05, 0) is 44.2 Å². The number of aryl methyl sites for hydroxylation is 1. The Morgan fingerprint density at radius 1 is 1.22 bits per heavy atom. The lowest BCUT2D eigenvalue weighted by Gasteiger charge is -2.32. The minimum Gasteiger partial charge on any atom is -0.369 e. The van der Waals surface area contributed by atoms with Crippen molar-refractivity contribution in [1.82, 2.24) is 15.6 Å². The van der Waals surface area contributed by atoms with Crippen LogP contribution in [0.2, 0.25) is 0 Å². The number of halogens is 1. The maximum Gasteiger partial charge on any atom is 0.220 e. The number of guanidine groups is 1. The van der Waals surface area contributed by atoms with Crippen molar-refractivity contribution in [1.29, 1.82) is 0 Å². The maximum atomic E-state index is 11.4. The Balaban J connectivity index is 0.00000363. The fraction of sp³-hybridized carbons (Fsp3) is 0.458. The Bertz CT molecular complexity index is 868. The van der Waals surface area contributed by atoms with Crippen LogP contribution < -0.4 is 21.3 Å². The van der Waals surface area contributed by atoms with Crippen molar-refractivity contribution in [3.05, 3.63) is 59.8 Å². The second-order valence-electron chi connectivity index (χ2n) is 8.15. The first-order valence-electron chi connectivity index (χ1n) is 11.1. The van der Waals surface area contributed by atoms with Crippen LogP contribution in [0, 0.1) is 5.92 Å². The van der Waals surface area contributed by atoms with Crippen LogP contribution in [0.4, 0.5) is 5.82 Å². The molecule has 32 heavy (non-hydrogen) atoms. The number of nitrogens with zero attached hydrogens (tertiary/aromatic N) is 3. The van der Waals surface area contributed by atoms with E-state index in [4.69, 9.17) is 5.73 Å². The quantitative estimate of drug-likeness (QED) is 0.267. The number of benzene rings is 1. The SMILES string of the molecule is CN=C(NCc1cccnc1N1CCC(C(N)=O)CC1)NC(C)CCc1ccccc1.I. The predicted molar refractivity (Wildman–Crippen MR) is 141 cm³/mol. The molecule has 1 atom stereocenters. The van der Waals surface area contributed by atoms with Crippen LogP contribution in [-0.4, -0.2) is 43.0 Å². The number of aliphatic imine (C=N–C) groups is 1. The van der Waals surface area contributed by atoms with Gasteiger partial charge in [-0.25, -0.2) is 4.98 Å². The van der Waals surface area contributed by atoms with E-state index in [1.807, 2.05) is 18.3 Å². The van der Waals surface area contributed by atoms with Gasteiger partial charge in [0.25, 0.3) is 0 Å². The summed E-state index contributed by atoms with van der Waals surface area (Å²) in [6, 6.07) is 14.9. The molecule has 7 nitrogen and oxygen atoms in total. The van der Waals surface area contributed by atoms with E-state index in [-0.39, 0.29) is 35.8 Å². The highest BCUT2D eigenvalue weighted by atomic mass is 127. The van der Waals surface area contributed by atoms with Crippen LogP contribution in [0.25, 0.3) is 0 Å². The van der Waals surface area contributed by atoms with Gasteiger partial charge in [0.05, 0.1) is 0 Å². The van der Waals surface area contributed by atoms with Gasteiger partial charge in [-0.2, -0.15) is 0 Å². The highest BCUT2D eigenvalue weighted by Gasteiger charge is 2.25. The summed E-state index contributed by atoms with van der Waals surface area (Å²) in [7, 11) is 1.79. The number of carbonyl (C=O) groups is 1. The molecule has 2 aromatic rings. The van der Waals surface area contributed by atoms with Gasteiger partial charge in [0.15, 0.2) is 5.96 Å². The molecule has 1 saturated heterocycles. The molecule has 4 N–H and O–H groups in total. The molecule has 174 valence electrons. The van der Waals surface area contributed by atoms with Gasteiger partial charge in [0, 0.05) is 50.4 Å². The number of carbonyl (C=O) groups excluding carboxylic acids is 1. The zero-order chi connectivity index (χ0) is 22.1. The normalized spacial score (nSPS) is 15.6. The minimum absolute atomic E-state index is 0. The summed E-state index contributed by atoms with van der Waals surface area (Å²) in [6.45, 7) is 4.39. The molecule has 1 aliphatic rings. The number of amides is 1. The molecule has 0 spiro atoms. The summed E-state index contributed by atoms with van der Waals surface area (Å²) in [5.74, 6) is 1.52. The number of nitrogens with one attached hydrogen (secondary N) is 2. The van der Waals surface area contributed by atoms with Crippen LogP contribution in [0.5, 0.6) is 0 Å². The summed E-state index contributed by atoms with van der Waals surface area (Å²) in [4.78, 5) is 22.7. The fourth-order valence-corrected chi connectivity index (χ4v) is 3.94. The van der Waals surface area contributed by atoms with E-state index in [0.29, 0.717) is 12.6 Å². The molecule has 1 aliphatic heterocycles. The van der Waals surface area contributed by atoms with E-state index in [1.54, 1.807) is 7.05 Å². The summed E-state index contributed by atoms with van der Waals surface area (Å²) in [5.41, 5.74) is 7.93. The van der Waals surface area contributed by atoms with Crippen molar-refractivity contribution >= 4 is 41.7 Å². The Morgan fingerprint density at radius 3 is 2.59 bits per heavy atom. The van der Waals surface area contributed by atoms with Gasteiger partial charge in [0.2, 0.25) is 5.91 Å². The first-order valence-corrected chi connectivity index (χ1v) is 11.1. The Morgan fingerprint density at radius 2 is 1.94 bits per heavy atom. The third kappa shape index (κ3) is 7.65. The molecule has 1 aromatic heterocycles. The fourth-order valence-electron chi connectivity index (χ4n) is 3.94. The van der Waals surface area contributed by atoms with Crippen LogP contribution in [0.1, 0.15) is 37.3 Å². The van der Waals surface area contributed by atoms with Crippen molar-refractivity contribution in [3.63, 3.8) is 0 Å². The number of piperidine rings is 1. The third-order valence-electron chi connectivity index (χ3n) is 5.83. The number of aromatic nitrogens is 1. The number of hydrogen-bond acceptors (Lipinski definition) is 4. The van der Waals surface area contributed by atoms with Crippen LogP contribution in [-0.2, 0) is 17.8 Å². The molecule has 8 heteroatoms. The van der Waals surface area contributed by atoms with Gasteiger partial charge in [-0.3, -0.25) is 9.79 Å². The summed E-state index contributed by atoms with van der Waals surface area (Å²) in [6.07, 6.45) is 5.43. The number of pyridine rings is 1. The second-order valence-corrected chi connectivity index (χ2v) is 8.15. The van der Waals surface area contributed by atoms with E-state index in [0.717, 1.165) is 56.1 Å². The molecule has 0 radical (unpaired) electrons. The maximum absolute atomic E-state index is 11.4. The van der Waals surface area contributed by atoms with Crippen molar-refractivity contribution in [3.8, 4) is 0 Å². The number of rotatable bonds is 8. The highest BCUT2D eigenvalue weighted by Crippen LogP contribution is 2.24. The molecular formula is C24H35IN6O. The Hall–Kier alpha value is -2.36. The monoisotopic (exact) mass is 550 g/mol. The lowest BCUT2D eigenvalue weighted by atomic mass is 9.96. The average molecular weight is 550 g/mol. The lowest BCUT2D eigenvalue weighted by molar-refractivity contribution is -0.122. The summed E-state index contributed by atoms with van der Waals surface area (Å²) in [5, 5.41) is 6.90. The smallest absolute Gasteiger partial charge is 0.220 e. The number of primary amides is 1. The standard InChI is InChI=1S/C24H34N6O.HI/c1-18(10-11-19-7-4-3-5-8-19)29-24(26-2)28-17-21-9-6-14-27-23(21)30-15-12-20(13-16-30)22(25)31;/h3-9,14,18,20H,10-13,15-17H2,1-2H3,(H2,25,31)(H2,26,28,29);1H. The molecule has 2 heterocycles. The molecule has 0 bridgehead atoms. The van der Waals surface area contributed by atoms with Crippen molar-refractivity contribution < 1.29 is 4.79 Å².